The van der Waals surface area contributed by atoms with E-state index >= 15 is 0 Å². The van der Waals surface area contributed by atoms with Gasteiger partial charge in [-0.15, -0.1) is 0 Å². The molecule has 0 atom stereocenters. The molecular formula is C12H16N2O. The van der Waals surface area contributed by atoms with Crippen molar-refractivity contribution in [1.29, 1.82) is 0 Å². The minimum Gasteiger partial charge on any atom is -0.383 e. The molecule has 15 heavy (non-hydrogen) atoms. The van der Waals surface area contributed by atoms with E-state index in [4.69, 9.17) is 0 Å². The summed E-state index contributed by atoms with van der Waals surface area (Å²) in [6.45, 7) is 6.03. The van der Waals surface area contributed by atoms with Crippen molar-refractivity contribution in [3.8, 4) is 0 Å². The van der Waals surface area contributed by atoms with Gasteiger partial charge in [-0.2, -0.15) is 0 Å². The molecule has 3 heteroatoms. The van der Waals surface area contributed by atoms with Gasteiger partial charge in [-0.25, -0.2) is 0 Å². The quantitative estimate of drug-likeness (QED) is 0.698. The Balaban J connectivity index is 2.29. The third kappa shape index (κ3) is 2.12. The van der Waals surface area contributed by atoms with Gasteiger partial charge in [-0.05, 0) is 24.1 Å². The monoisotopic (exact) mass is 204 g/mol. The smallest absolute Gasteiger partial charge is 0.219 e. The van der Waals surface area contributed by atoms with Crippen LogP contribution in [0.2, 0.25) is 0 Å². The van der Waals surface area contributed by atoms with Crippen LogP contribution < -0.4 is 5.32 Å². The number of amides is 1. The predicted octanol–water partition coefficient (Wildman–Crippen LogP) is 1.77. The number of hydrogen-bond acceptors (Lipinski definition) is 2. The lowest BCUT2D eigenvalue weighted by atomic mass is 10.1. The van der Waals surface area contributed by atoms with Crippen LogP contribution in [0.25, 0.3) is 0 Å². The second-order valence-corrected chi connectivity index (χ2v) is 4.03. The molecule has 0 aliphatic carbocycles. The first-order valence-corrected chi connectivity index (χ1v) is 5.26. The fourth-order valence-electron chi connectivity index (χ4n) is 1.87. The van der Waals surface area contributed by atoms with Gasteiger partial charge in [0.25, 0.3) is 0 Å². The molecule has 0 aromatic heterocycles. The van der Waals surface area contributed by atoms with Gasteiger partial charge in [-0.1, -0.05) is 12.1 Å². The molecule has 1 aliphatic rings. The van der Waals surface area contributed by atoms with Gasteiger partial charge >= 0.3 is 0 Å². The predicted molar refractivity (Wildman–Crippen MR) is 60.8 cm³/mol. The van der Waals surface area contributed by atoms with Crippen molar-refractivity contribution in [2.75, 3.05) is 18.4 Å². The molecular weight excluding hydrogens is 188 g/mol. The Kier molecular flexibility index (Phi) is 2.62. The summed E-state index contributed by atoms with van der Waals surface area (Å²) in [5.41, 5.74) is 3.62. The maximum atomic E-state index is 11.3. The van der Waals surface area contributed by atoms with E-state index in [2.05, 4.69) is 30.4 Å². The summed E-state index contributed by atoms with van der Waals surface area (Å²) < 4.78 is 0. The summed E-state index contributed by atoms with van der Waals surface area (Å²) in [4.78, 5) is 13.2. The largest absolute Gasteiger partial charge is 0.383 e. The van der Waals surface area contributed by atoms with E-state index in [0.29, 0.717) is 0 Å². The molecule has 1 aromatic rings. The highest BCUT2D eigenvalue weighted by molar-refractivity contribution is 5.74. The summed E-state index contributed by atoms with van der Waals surface area (Å²) in [5, 5.41) is 3.36. The van der Waals surface area contributed by atoms with Crippen molar-refractivity contribution in [2.24, 2.45) is 0 Å². The molecule has 0 saturated carbocycles. The number of hydrogen-bond donors (Lipinski definition) is 1. The Morgan fingerprint density at radius 3 is 3.00 bits per heavy atom. The number of benzene rings is 1. The molecule has 3 nitrogen and oxygen atoms in total. The molecule has 0 spiro atoms. The molecule has 0 bridgehead atoms. The zero-order chi connectivity index (χ0) is 10.8. The van der Waals surface area contributed by atoms with E-state index < -0.39 is 0 Å². The van der Waals surface area contributed by atoms with Crippen LogP contribution in [-0.4, -0.2) is 23.9 Å². The minimum absolute atomic E-state index is 0.144. The highest BCUT2D eigenvalue weighted by atomic mass is 16.2. The maximum Gasteiger partial charge on any atom is 0.219 e. The van der Waals surface area contributed by atoms with Crippen LogP contribution in [0.5, 0.6) is 0 Å². The second kappa shape index (κ2) is 3.93. The van der Waals surface area contributed by atoms with Crippen LogP contribution in [0.15, 0.2) is 18.2 Å². The Labute approximate surface area is 90.1 Å². The third-order valence-corrected chi connectivity index (χ3v) is 2.77. The minimum atomic E-state index is 0.144. The Hall–Kier alpha value is -1.51. The summed E-state index contributed by atoms with van der Waals surface area (Å²) in [7, 11) is 0. The lowest BCUT2D eigenvalue weighted by Gasteiger charge is -2.17. The van der Waals surface area contributed by atoms with E-state index in [0.717, 1.165) is 19.6 Å². The van der Waals surface area contributed by atoms with Crippen molar-refractivity contribution >= 4 is 11.6 Å². The number of nitrogens with one attached hydrogen (secondary N) is 1. The number of carbonyl (C=O) groups is 1. The normalized spacial score (nSPS) is 15.2. The van der Waals surface area contributed by atoms with Gasteiger partial charge in [0.05, 0.1) is 0 Å². The first-order chi connectivity index (χ1) is 7.16. The molecule has 80 valence electrons. The molecule has 0 radical (unpaired) electrons. The zero-order valence-corrected chi connectivity index (χ0v) is 9.21. The van der Waals surface area contributed by atoms with Crippen LogP contribution >= 0.6 is 0 Å². The van der Waals surface area contributed by atoms with Gasteiger partial charge < -0.3 is 10.2 Å². The van der Waals surface area contributed by atoms with E-state index in [-0.39, 0.29) is 5.91 Å². The average Bonchev–Trinajstić information content (AvgIpc) is 2.39. The van der Waals surface area contributed by atoms with E-state index in [1.165, 1.54) is 16.8 Å². The molecule has 1 aliphatic heterocycles. The van der Waals surface area contributed by atoms with E-state index in [9.17, 15) is 4.79 Å². The van der Waals surface area contributed by atoms with E-state index in [1.807, 2.05) is 4.90 Å². The van der Waals surface area contributed by atoms with Crippen molar-refractivity contribution < 1.29 is 4.79 Å². The fourth-order valence-corrected chi connectivity index (χ4v) is 1.87. The SMILES string of the molecule is CC(=O)N1CCNc2cc(C)ccc2C1. The van der Waals surface area contributed by atoms with Crippen molar-refractivity contribution in [1.82, 2.24) is 4.90 Å². The zero-order valence-electron chi connectivity index (χ0n) is 9.21. The first-order valence-electron chi connectivity index (χ1n) is 5.26. The van der Waals surface area contributed by atoms with E-state index in [1.54, 1.807) is 6.92 Å². The van der Waals surface area contributed by atoms with Gasteiger partial charge in [0.2, 0.25) is 5.91 Å². The number of fused-ring (bicyclic) bond motifs is 1. The second-order valence-electron chi connectivity index (χ2n) is 4.03. The Morgan fingerprint density at radius 2 is 2.27 bits per heavy atom. The summed E-state index contributed by atoms with van der Waals surface area (Å²) >= 11 is 0. The van der Waals surface area contributed by atoms with Crippen LogP contribution in [0.1, 0.15) is 18.1 Å². The highest BCUT2D eigenvalue weighted by Gasteiger charge is 2.15. The first kappa shape index (κ1) is 10.0. The molecule has 1 amide bonds. The fraction of sp³-hybridized carbons (Fsp3) is 0.417. The molecule has 1 heterocycles. The number of anilines is 1. The molecule has 2 rings (SSSR count). The van der Waals surface area contributed by atoms with Crippen molar-refractivity contribution in [3.05, 3.63) is 29.3 Å². The lowest BCUT2D eigenvalue weighted by Crippen LogP contribution is -2.30. The summed E-state index contributed by atoms with van der Waals surface area (Å²) in [6.07, 6.45) is 0. The number of nitrogens with zero attached hydrogens (tertiary/aromatic N) is 1. The van der Waals surface area contributed by atoms with Gasteiger partial charge in [0.1, 0.15) is 0 Å². The van der Waals surface area contributed by atoms with Gasteiger partial charge in [0, 0.05) is 32.2 Å². The molecule has 0 saturated heterocycles. The summed E-state index contributed by atoms with van der Waals surface area (Å²) in [6, 6.07) is 6.32. The summed E-state index contributed by atoms with van der Waals surface area (Å²) in [5.74, 6) is 0.144. The van der Waals surface area contributed by atoms with Crippen LogP contribution in [0, 0.1) is 6.92 Å². The standard InChI is InChI=1S/C12H16N2O/c1-9-3-4-11-8-14(10(2)15)6-5-13-12(11)7-9/h3-4,7,13H,5-6,8H2,1-2H3. The van der Waals surface area contributed by atoms with Crippen molar-refractivity contribution in [2.45, 2.75) is 20.4 Å². The maximum absolute atomic E-state index is 11.3. The van der Waals surface area contributed by atoms with Gasteiger partial charge in [0.15, 0.2) is 0 Å². The van der Waals surface area contributed by atoms with Gasteiger partial charge in [-0.3, -0.25) is 4.79 Å². The number of aryl methyl sites for hydroxylation is 1. The number of carbonyl (C=O) groups excluding carboxylic acids is 1. The lowest BCUT2D eigenvalue weighted by molar-refractivity contribution is -0.129. The highest BCUT2D eigenvalue weighted by Crippen LogP contribution is 2.21. The average molecular weight is 204 g/mol. The van der Waals surface area contributed by atoms with Crippen LogP contribution in [-0.2, 0) is 11.3 Å². The molecule has 0 fully saturated rings. The van der Waals surface area contributed by atoms with Crippen LogP contribution in [0.4, 0.5) is 5.69 Å². The topological polar surface area (TPSA) is 32.3 Å². The molecule has 0 unspecified atom stereocenters. The number of rotatable bonds is 0. The molecule has 1 N–H and O–H groups in total. The Bertz CT molecular complexity index is 387. The van der Waals surface area contributed by atoms with Crippen LogP contribution in [0.3, 0.4) is 0 Å². The van der Waals surface area contributed by atoms with Crippen molar-refractivity contribution in [3.63, 3.8) is 0 Å². The Morgan fingerprint density at radius 1 is 1.47 bits per heavy atom. The molecule has 1 aromatic carbocycles. The third-order valence-electron chi connectivity index (χ3n) is 2.77.